The van der Waals surface area contributed by atoms with Crippen molar-refractivity contribution in [1.29, 1.82) is 0 Å². The third-order valence-electron chi connectivity index (χ3n) is 5.93. The summed E-state index contributed by atoms with van der Waals surface area (Å²) in [5.74, 6) is 2.15. The van der Waals surface area contributed by atoms with E-state index in [0.717, 1.165) is 36.8 Å². The summed E-state index contributed by atoms with van der Waals surface area (Å²) in [4.78, 5) is 0. The largest absolute Gasteiger partial charge is 0.573 e. The number of hydrogen-bond acceptors (Lipinski definition) is 2. The van der Waals surface area contributed by atoms with Gasteiger partial charge in [0.2, 0.25) is 0 Å². The molecule has 0 radical (unpaired) electrons. The van der Waals surface area contributed by atoms with Gasteiger partial charge in [0.05, 0.1) is 12.7 Å². The van der Waals surface area contributed by atoms with Crippen LogP contribution in [0.1, 0.15) is 63.5 Å². The fraction of sp³-hybridized carbons (Fsp3) is 0.700. The molecule has 0 bridgehead atoms. The normalized spacial score (nSPS) is 30.9. The van der Waals surface area contributed by atoms with Crippen molar-refractivity contribution in [3.8, 4) is 5.75 Å². The Morgan fingerprint density at radius 3 is 2.12 bits per heavy atom. The van der Waals surface area contributed by atoms with E-state index in [1.807, 2.05) is 0 Å². The van der Waals surface area contributed by atoms with Crippen molar-refractivity contribution in [1.82, 2.24) is 0 Å². The number of halogens is 3. The summed E-state index contributed by atoms with van der Waals surface area (Å²) in [6.07, 6.45) is 4.06. The van der Waals surface area contributed by atoms with E-state index in [9.17, 15) is 13.2 Å². The van der Waals surface area contributed by atoms with E-state index in [2.05, 4.69) is 11.7 Å². The molecular formula is C20H27F3O2. The third-order valence-corrected chi connectivity index (χ3v) is 5.93. The number of benzene rings is 1. The molecule has 0 spiro atoms. The molecule has 25 heavy (non-hydrogen) atoms. The van der Waals surface area contributed by atoms with Crippen molar-refractivity contribution < 1.29 is 22.6 Å². The minimum absolute atomic E-state index is 0.0110. The standard InChI is InChI=1S/C20H27F3O2/c1-2-14-3-5-15(6-4-14)17-9-12-19(24-13-17)16-7-10-18(11-8-16)25-20(21,22)23/h7-8,10-11,14-15,17,19H,2-6,9,12-13H2,1H3. The predicted octanol–water partition coefficient (Wildman–Crippen LogP) is 6.27. The maximum Gasteiger partial charge on any atom is 0.573 e. The minimum atomic E-state index is -4.65. The molecule has 2 unspecified atom stereocenters. The van der Waals surface area contributed by atoms with Crippen molar-refractivity contribution in [2.24, 2.45) is 17.8 Å². The lowest BCUT2D eigenvalue weighted by Crippen LogP contribution is -2.29. The van der Waals surface area contributed by atoms with Gasteiger partial charge in [0.15, 0.2) is 0 Å². The van der Waals surface area contributed by atoms with Crippen LogP contribution in [0.3, 0.4) is 0 Å². The minimum Gasteiger partial charge on any atom is -0.406 e. The van der Waals surface area contributed by atoms with Crippen molar-refractivity contribution >= 4 is 0 Å². The van der Waals surface area contributed by atoms with E-state index in [1.165, 1.54) is 44.2 Å². The fourth-order valence-electron chi connectivity index (χ4n) is 4.36. The highest BCUT2D eigenvalue weighted by Crippen LogP contribution is 2.41. The van der Waals surface area contributed by atoms with E-state index in [4.69, 9.17) is 4.74 Å². The van der Waals surface area contributed by atoms with Crippen LogP contribution in [0.5, 0.6) is 5.75 Å². The number of alkyl halides is 3. The lowest BCUT2D eigenvalue weighted by Gasteiger charge is -2.37. The Bertz CT molecular complexity index is 525. The molecule has 5 heteroatoms. The maximum atomic E-state index is 12.2. The summed E-state index contributed by atoms with van der Waals surface area (Å²) in [7, 11) is 0. The Balaban J connectivity index is 1.49. The Morgan fingerprint density at radius 2 is 1.60 bits per heavy atom. The second kappa shape index (κ2) is 7.98. The van der Waals surface area contributed by atoms with E-state index < -0.39 is 6.36 Å². The Hall–Kier alpha value is -1.23. The first kappa shape index (κ1) is 18.6. The molecule has 1 heterocycles. The molecule has 0 N–H and O–H groups in total. The van der Waals surface area contributed by atoms with Crippen LogP contribution in [0.4, 0.5) is 13.2 Å². The molecule has 1 saturated heterocycles. The quantitative estimate of drug-likeness (QED) is 0.633. The van der Waals surface area contributed by atoms with Gasteiger partial charge in [0, 0.05) is 0 Å². The Kier molecular flexibility index (Phi) is 5.92. The first-order chi connectivity index (χ1) is 11.9. The molecule has 2 fully saturated rings. The van der Waals surface area contributed by atoms with Crippen LogP contribution in [-0.2, 0) is 4.74 Å². The van der Waals surface area contributed by atoms with Crippen LogP contribution >= 0.6 is 0 Å². The van der Waals surface area contributed by atoms with E-state index in [0.29, 0.717) is 5.92 Å². The summed E-state index contributed by atoms with van der Waals surface area (Å²) in [6.45, 7) is 3.05. The Labute approximate surface area is 147 Å². The van der Waals surface area contributed by atoms with Gasteiger partial charge in [-0.25, -0.2) is 0 Å². The van der Waals surface area contributed by atoms with Crippen molar-refractivity contribution in [2.45, 2.75) is 64.3 Å². The molecule has 1 aliphatic carbocycles. The maximum absolute atomic E-state index is 12.2. The van der Waals surface area contributed by atoms with E-state index >= 15 is 0 Å². The summed E-state index contributed by atoms with van der Waals surface area (Å²) in [6, 6.07) is 6.09. The molecule has 1 aromatic carbocycles. The Morgan fingerprint density at radius 1 is 0.960 bits per heavy atom. The van der Waals surface area contributed by atoms with Crippen molar-refractivity contribution in [3.05, 3.63) is 29.8 Å². The first-order valence-electron chi connectivity index (χ1n) is 9.42. The summed E-state index contributed by atoms with van der Waals surface area (Å²) >= 11 is 0. The second-order valence-electron chi connectivity index (χ2n) is 7.47. The molecule has 140 valence electrons. The second-order valence-corrected chi connectivity index (χ2v) is 7.47. The summed E-state index contributed by atoms with van der Waals surface area (Å²) in [5, 5.41) is 0. The zero-order chi connectivity index (χ0) is 17.9. The van der Waals surface area contributed by atoms with Gasteiger partial charge < -0.3 is 9.47 Å². The van der Waals surface area contributed by atoms with E-state index in [1.54, 1.807) is 12.1 Å². The third kappa shape index (κ3) is 5.13. The first-order valence-corrected chi connectivity index (χ1v) is 9.42. The molecule has 0 aromatic heterocycles. The highest BCUT2D eigenvalue weighted by molar-refractivity contribution is 5.29. The summed E-state index contributed by atoms with van der Waals surface area (Å²) in [5.41, 5.74) is 0.933. The zero-order valence-corrected chi connectivity index (χ0v) is 14.7. The number of ether oxygens (including phenoxy) is 2. The summed E-state index contributed by atoms with van der Waals surface area (Å²) < 4.78 is 46.6. The average Bonchev–Trinajstić information content (AvgIpc) is 2.61. The van der Waals surface area contributed by atoms with Gasteiger partial charge in [-0.2, -0.15) is 0 Å². The average molecular weight is 356 g/mol. The van der Waals surface area contributed by atoms with Crippen LogP contribution in [-0.4, -0.2) is 13.0 Å². The van der Waals surface area contributed by atoms with E-state index in [-0.39, 0.29) is 11.9 Å². The molecule has 3 rings (SSSR count). The van der Waals surface area contributed by atoms with Crippen molar-refractivity contribution in [2.75, 3.05) is 6.61 Å². The lowest BCUT2D eigenvalue weighted by molar-refractivity contribution is -0.274. The van der Waals surface area contributed by atoms with Crippen LogP contribution in [0, 0.1) is 17.8 Å². The molecule has 0 amide bonds. The van der Waals surface area contributed by atoms with Crippen LogP contribution in [0.2, 0.25) is 0 Å². The highest BCUT2D eigenvalue weighted by Gasteiger charge is 2.32. The van der Waals surface area contributed by atoms with Gasteiger partial charge in [-0.15, -0.1) is 13.2 Å². The van der Waals surface area contributed by atoms with Gasteiger partial charge in [0.25, 0.3) is 0 Å². The van der Waals surface area contributed by atoms with Gasteiger partial charge in [-0.3, -0.25) is 0 Å². The molecule has 2 atom stereocenters. The monoisotopic (exact) mass is 356 g/mol. The van der Waals surface area contributed by atoms with Crippen LogP contribution in [0.25, 0.3) is 0 Å². The number of hydrogen-bond donors (Lipinski definition) is 0. The molecule has 1 saturated carbocycles. The zero-order valence-electron chi connectivity index (χ0n) is 14.7. The van der Waals surface area contributed by atoms with Crippen LogP contribution in [0.15, 0.2) is 24.3 Å². The number of rotatable bonds is 4. The van der Waals surface area contributed by atoms with Gasteiger partial charge in [0.1, 0.15) is 5.75 Å². The molecule has 1 aliphatic heterocycles. The molecule has 2 aliphatic rings. The highest BCUT2D eigenvalue weighted by atomic mass is 19.4. The molecule has 2 nitrogen and oxygen atoms in total. The van der Waals surface area contributed by atoms with Gasteiger partial charge in [-0.1, -0.05) is 38.3 Å². The predicted molar refractivity (Wildman–Crippen MR) is 90.3 cm³/mol. The van der Waals surface area contributed by atoms with Crippen LogP contribution < -0.4 is 4.74 Å². The lowest BCUT2D eigenvalue weighted by atomic mass is 9.73. The van der Waals surface area contributed by atoms with Crippen molar-refractivity contribution in [3.63, 3.8) is 0 Å². The molecule has 1 aromatic rings. The smallest absolute Gasteiger partial charge is 0.406 e. The molecular weight excluding hydrogens is 329 g/mol. The SMILES string of the molecule is CCC1CCC(C2CCC(c3ccc(OC(F)(F)F)cc3)OC2)CC1. The topological polar surface area (TPSA) is 18.5 Å². The fourth-order valence-corrected chi connectivity index (χ4v) is 4.36. The van der Waals surface area contributed by atoms with Gasteiger partial charge in [-0.05, 0) is 61.1 Å². The van der Waals surface area contributed by atoms with Gasteiger partial charge >= 0.3 is 6.36 Å².